The molecule has 1 aromatic heterocycles. The molecule has 1 aliphatic rings. The van der Waals surface area contributed by atoms with Gasteiger partial charge in [-0.1, -0.05) is 60.1 Å². The average molecular weight is 564 g/mol. The molecular weight excluding hydrogens is 540 g/mol. The first kappa shape index (κ1) is 27.3. The maximum atomic E-state index is 13.8. The van der Waals surface area contributed by atoms with Gasteiger partial charge in [0.2, 0.25) is 0 Å². The standard InChI is InChI=1S/C29H24ClF6N3/c30-21-12-10-20(11-13-21)26(19-8-6-18(7-9-19)17-39-14-1-2-15-39)37-24-16-25(29(34,35)36)38-27-22(24)4-3-5-23(27)28(31,32)33/h3-13,16,26H,1-2,14-15,17H2,(H,37,38). The molecular formula is C29H24ClF6N3. The van der Waals surface area contributed by atoms with Crippen molar-refractivity contribution in [3.63, 3.8) is 0 Å². The highest BCUT2D eigenvalue weighted by molar-refractivity contribution is 6.30. The number of hydrogen-bond donors (Lipinski definition) is 1. The lowest BCUT2D eigenvalue weighted by Gasteiger charge is -2.24. The highest BCUT2D eigenvalue weighted by Gasteiger charge is 2.37. The van der Waals surface area contributed by atoms with E-state index in [1.807, 2.05) is 24.3 Å². The molecule has 0 bridgehead atoms. The highest BCUT2D eigenvalue weighted by atomic mass is 35.5. The Bertz CT molecular complexity index is 1440. The lowest BCUT2D eigenvalue weighted by atomic mass is 9.96. The molecule has 1 saturated heterocycles. The molecule has 2 heterocycles. The number of halogens is 7. The molecule has 0 saturated carbocycles. The molecule has 204 valence electrons. The van der Waals surface area contributed by atoms with E-state index in [-0.39, 0.29) is 11.1 Å². The first-order valence-corrected chi connectivity index (χ1v) is 12.8. The van der Waals surface area contributed by atoms with Crippen LogP contribution >= 0.6 is 11.6 Å². The number of nitrogens with zero attached hydrogens (tertiary/aromatic N) is 2. The van der Waals surface area contributed by atoms with E-state index in [9.17, 15) is 26.3 Å². The molecule has 10 heteroatoms. The summed E-state index contributed by atoms with van der Waals surface area (Å²) >= 11 is 6.07. The number of benzene rings is 3. The van der Waals surface area contributed by atoms with E-state index in [2.05, 4.69) is 15.2 Å². The molecule has 4 aromatic rings. The van der Waals surface area contributed by atoms with Crippen molar-refractivity contribution in [1.29, 1.82) is 0 Å². The van der Waals surface area contributed by atoms with Crippen molar-refractivity contribution in [1.82, 2.24) is 9.88 Å². The minimum atomic E-state index is -4.95. The number of fused-ring (bicyclic) bond motifs is 1. The predicted molar refractivity (Wildman–Crippen MR) is 140 cm³/mol. The highest BCUT2D eigenvalue weighted by Crippen LogP contribution is 2.40. The van der Waals surface area contributed by atoms with Crippen LogP contribution in [0.25, 0.3) is 10.9 Å². The zero-order valence-corrected chi connectivity index (χ0v) is 21.3. The quantitative estimate of drug-likeness (QED) is 0.238. The van der Waals surface area contributed by atoms with Gasteiger partial charge in [0.25, 0.3) is 0 Å². The van der Waals surface area contributed by atoms with E-state index in [4.69, 9.17) is 11.6 Å². The van der Waals surface area contributed by atoms with Crippen LogP contribution in [-0.2, 0) is 18.9 Å². The second-order valence-corrected chi connectivity index (χ2v) is 10.0. The number of para-hydroxylation sites is 1. The summed E-state index contributed by atoms with van der Waals surface area (Å²) in [7, 11) is 0. The van der Waals surface area contributed by atoms with Gasteiger partial charge in [-0.3, -0.25) is 4.90 Å². The van der Waals surface area contributed by atoms with Crippen molar-refractivity contribution < 1.29 is 26.3 Å². The summed E-state index contributed by atoms with van der Waals surface area (Å²) in [4.78, 5) is 5.74. The maximum Gasteiger partial charge on any atom is 0.433 e. The molecule has 1 unspecified atom stereocenters. The van der Waals surface area contributed by atoms with Gasteiger partial charge >= 0.3 is 12.4 Å². The molecule has 3 nitrogen and oxygen atoms in total. The molecule has 0 amide bonds. The number of alkyl halides is 6. The molecule has 1 N–H and O–H groups in total. The molecule has 0 spiro atoms. The van der Waals surface area contributed by atoms with E-state index >= 15 is 0 Å². The number of aromatic nitrogens is 1. The number of nitrogens with one attached hydrogen (secondary N) is 1. The molecule has 1 fully saturated rings. The van der Waals surface area contributed by atoms with Gasteiger partial charge < -0.3 is 5.32 Å². The normalized spacial score (nSPS) is 15.6. The van der Waals surface area contributed by atoms with E-state index in [1.54, 1.807) is 24.3 Å². The summed E-state index contributed by atoms with van der Waals surface area (Å²) in [6, 6.07) is 17.8. The van der Waals surface area contributed by atoms with Crippen LogP contribution in [0.5, 0.6) is 0 Å². The van der Waals surface area contributed by atoms with Crippen LogP contribution in [0.15, 0.2) is 72.8 Å². The van der Waals surface area contributed by atoms with Crippen LogP contribution in [0.3, 0.4) is 0 Å². The Labute approximate surface area is 226 Å². The molecule has 39 heavy (non-hydrogen) atoms. The van der Waals surface area contributed by atoms with Gasteiger partial charge in [0.1, 0.15) is 5.69 Å². The van der Waals surface area contributed by atoms with Crippen LogP contribution < -0.4 is 5.32 Å². The third kappa shape index (κ3) is 6.15. The summed E-state index contributed by atoms with van der Waals surface area (Å²) in [5.74, 6) is 0. The van der Waals surface area contributed by atoms with Crippen molar-refractivity contribution >= 4 is 28.2 Å². The van der Waals surface area contributed by atoms with Gasteiger partial charge in [-0.25, -0.2) is 4.98 Å². The fraction of sp³-hybridized carbons (Fsp3) is 0.276. The molecule has 5 rings (SSSR count). The Morgan fingerprint density at radius 2 is 1.44 bits per heavy atom. The minimum absolute atomic E-state index is 0.0672. The third-order valence-electron chi connectivity index (χ3n) is 6.86. The number of hydrogen-bond acceptors (Lipinski definition) is 3. The zero-order chi connectivity index (χ0) is 27.8. The van der Waals surface area contributed by atoms with Crippen LogP contribution in [-0.4, -0.2) is 23.0 Å². The number of pyridine rings is 1. The van der Waals surface area contributed by atoms with Gasteiger partial charge in [0.15, 0.2) is 0 Å². The summed E-state index contributed by atoms with van der Waals surface area (Å²) in [6.45, 7) is 2.87. The van der Waals surface area contributed by atoms with Gasteiger partial charge in [0.05, 0.1) is 17.1 Å². The molecule has 1 aliphatic heterocycles. The SMILES string of the molecule is FC(F)(F)c1cc(NC(c2ccc(Cl)cc2)c2ccc(CN3CCCC3)cc2)c2cccc(C(F)(F)F)c2n1. The minimum Gasteiger partial charge on any atom is -0.374 e. The zero-order valence-electron chi connectivity index (χ0n) is 20.6. The first-order valence-electron chi connectivity index (χ1n) is 12.4. The van der Waals surface area contributed by atoms with E-state index in [1.165, 1.54) is 6.07 Å². The topological polar surface area (TPSA) is 28.2 Å². The van der Waals surface area contributed by atoms with Gasteiger partial charge in [-0.05, 0) is 66.9 Å². The fourth-order valence-corrected chi connectivity index (χ4v) is 5.05. The lowest BCUT2D eigenvalue weighted by molar-refractivity contribution is -0.142. The number of likely N-dealkylation sites (tertiary alicyclic amines) is 1. The van der Waals surface area contributed by atoms with E-state index < -0.39 is 35.2 Å². The van der Waals surface area contributed by atoms with Crippen molar-refractivity contribution in [2.24, 2.45) is 0 Å². The summed E-state index contributed by atoms with van der Waals surface area (Å²) < 4.78 is 82.5. The fourth-order valence-electron chi connectivity index (χ4n) is 4.93. The van der Waals surface area contributed by atoms with Crippen LogP contribution in [0.4, 0.5) is 32.0 Å². The first-order chi connectivity index (χ1) is 18.5. The smallest absolute Gasteiger partial charge is 0.374 e. The summed E-state index contributed by atoms with van der Waals surface area (Å²) in [5.41, 5.74) is -1.02. The second-order valence-electron chi connectivity index (χ2n) is 9.61. The Morgan fingerprint density at radius 3 is 2.03 bits per heavy atom. The van der Waals surface area contributed by atoms with Crippen LogP contribution in [0, 0.1) is 0 Å². The average Bonchev–Trinajstić information content (AvgIpc) is 3.40. The Hall–Kier alpha value is -3.30. The number of anilines is 1. The molecule has 0 radical (unpaired) electrons. The van der Waals surface area contributed by atoms with Crippen molar-refractivity contribution in [3.8, 4) is 0 Å². The largest absolute Gasteiger partial charge is 0.433 e. The van der Waals surface area contributed by atoms with Gasteiger partial charge in [-0.2, -0.15) is 26.3 Å². The van der Waals surface area contributed by atoms with Gasteiger partial charge in [0, 0.05) is 22.6 Å². The molecule has 1 atom stereocenters. The second kappa shape index (κ2) is 10.7. The Kier molecular flexibility index (Phi) is 7.48. The van der Waals surface area contributed by atoms with Crippen molar-refractivity contribution in [2.45, 2.75) is 37.8 Å². The maximum absolute atomic E-state index is 13.8. The molecule has 3 aromatic carbocycles. The van der Waals surface area contributed by atoms with Crippen LogP contribution in [0.2, 0.25) is 5.02 Å². The van der Waals surface area contributed by atoms with E-state index in [0.717, 1.165) is 61.8 Å². The monoisotopic (exact) mass is 563 g/mol. The molecule has 0 aliphatic carbocycles. The predicted octanol–water partition coefficient (Wildman–Crippen LogP) is 8.72. The van der Waals surface area contributed by atoms with Crippen LogP contribution in [0.1, 0.15) is 46.8 Å². The Balaban J connectivity index is 1.60. The van der Waals surface area contributed by atoms with Gasteiger partial charge in [-0.15, -0.1) is 0 Å². The number of rotatable bonds is 6. The third-order valence-corrected chi connectivity index (χ3v) is 7.11. The summed E-state index contributed by atoms with van der Waals surface area (Å²) in [6.07, 6.45) is -7.50. The van der Waals surface area contributed by atoms with E-state index in [0.29, 0.717) is 10.6 Å². The van der Waals surface area contributed by atoms with Crippen molar-refractivity contribution in [3.05, 3.63) is 106 Å². The lowest BCUT2D eigenvalue weighted by Crippen LogP contribution is -2.18. The van der Waals surface area contributed by atoms with Crippen molar-refractivity contribution in [2.75, 3.05) is 18.4 Å². The Morgan fingerprint density at radius 1 is 0.821 bits per heavy atom. The summed E-state index contributed by atoms with van der Waals surface area (Å²) in [5, 5.41) is 3.50.